The Hall–Kier alpha value is -7.72. The van der Waals surface area contributed by atoms with Crippen LogP contribution in [0.5, 0.6) is 0 Å². The van der Waals surface area contributed by atoms with Gasteiger partial charge in [0.15, 0.2) is 5.82 Å². The van der Waals surface area contributed by atoms with Crippen LogP contribution in [0.25, 0.3) is 120 Å². The van der Waals surface area contributed by atoms with Gasteiger partial charge in [0.05, 0.1) is 11.4 Å². The van der Waals surface area contributed by atoms with Crippen molar-refractivity contribution in [1.29, 1.82) is 0 Å². The highest BCUT2D eigenvalue weighted by Gasteiger charge is 2.18. The van der Waals surface area contributed by atoms with Crippen LogP contribution in [0.4, 0.5) is 0 Å². The fourth-order valence-electron chi connectivity index (χ4n) is 9.22. The molecule has 284 valence electrons. The quantitative estimate of drug-likeness (QED) is 0.124. The van der Waals surface area contributed by atoms with Crippen molar-refractivity contribution in [2.24, 2.45) is 0 Å². The topological polar surface area (TPSA) is 25.8 Å². The van der Waals surface area contributed by atoms with Crippen LogP contribution >= 0.6 is 11.3 Å². The molecule has 12 rings (SSSR count). The number of benzene rings is 10. The highest BCUT2D eigenvalue weighted by molar-refractivity contribution is 7.25. The zero-order valence-electron chi connectivity index (χ0n) is 33.1. The summed E-state index contributed by atoms with van der Waals surface area (Å²) >= 11 is 1.85. The van der Waals surface area contributed by atoms with Gasteiger partial charge < -0.3 is 0 Å². The van der Waals surface area contributed by atoms with Crippen molar-refractivity contribution in [3.63, 3.8) is 0 Å². The standard InChI is InChI=1S/C58H36N2S/c1-2-14-37(15-3-1)44-20-8-9-23-48(44)53-36-52(43-19-12-18-41(34-43)47-25-13-27-55-57(47)50-24-10-11-26-54(50)61-55)59-58(60-53)40-30-28-39(29-31-40)56-46-22-7-5-17-42(46)35-51-45-21-6-4-16-38(45)32-33-49(51)56/h1-36H. The van der Waals surface area contributed by atoms with Gasteiger partial charge in [0.25, 0.3) is 0 Å². The summed E-state index contributed by atoms with van der Waals surface area (Å²) in [6.07, 6.45) is 0. The molecular formula is C58H36N2S. The van der Waals surface area contributed by atoms with Gasteiger partial charge in [-0.25, -0.2) is 9.97 Å². The first-order chi connectivity index (χ1) is 30.2. The van der Waals surface area contributed by atoms with Gasteiger partial charge in [-0.3, -0.25) is 0 Å². The summed E-state index contributed by atoms with van der Waals surface area (Å²) in [5, 5.41) is 10.1. The average molecular weight is 793 g/mol. The molecule has 0 N–H and O–H groups in total. The monoisotopic (exact) mass is 792 g/mol. The first-order valence-corrected chi connectivity index (χ1v) is 21.5. The minimum absolute atomic E-state index is 0.687. The second kappa shape index (κ2) is 14.5. The average Bonchev–Trinajstić information content (AvgIpc) is 3.73. The molecule has 2 aromatic heterocycles. The Kier molecular flexibility index (Phi) is 8.39. The Balaban J connectivity index is 1.03. The molecule has 0 radical (unpaired) electrons. The lowest BCUT2D eigenvalue weighted by Crippen LogP contribution is -1.97. The van der Waals surface area contributed by atoms with Crippen LogP contribution < -0.4 is 0 Å². The van der Waals surface area contributed by atoms with E-state index in [0.717, 1.165) is 50.3 Å². The van der Waals surface area contributed by atoms with Crippen LogP contribution in [-0.2, 0) is 0 Å². The zero-order chi connectivity index (χ0) is 40.3. The number of hydrogen-bond donors (Lipinski definition) is 0. The molecule has 61 heavy (non-hydrogen) atoms. The van der Waals surface area contributed by atoms with Gasteiger partial charge in [0, 0.05) is 36.9 Å². The maximum absolute atomic E-state index is 5.37. The van der Waals surface area contributed by atoms with Crippen LogP contribution in [0, 0.1) is 0 Å². The van der Waals surface area contributed by atoms with Crippen LogP contribution in [-0.4, -0.2) is 9.97 Å². The number of nitrogens with zero attached hydrogens (tertiary/aromatic N) is 2. The number of fused-ring (bicyclic) bond motifs is 7. The van der Waals surface area contributed by atoms with Crippen molar-refractivity contribution < 1.29 is 0 Å². The van der Waals surface area contributed by atoms with E-state index in [-0.39, 0.29) is 0 Å². The van der Waals surface area contributed by atoms with Gasteiger partial charge in [-0.05, 0) is 96.0 Å². The second-order valence-electron chi connectivity index (χ2n) is 15.7. The molecule has 12 aromatic rings. The summed E-state index contributed by atoms with van der Waals surface area (Å²) in [5.41, 5.74) is 11.9. The maximum atomic E-state index is 5.37. The van der Waals surface area contributed by atoms with Crippen molar-refractivity contribution in [3.8, 4) is 67.3 Å². The van der Waals surface area contributed by atoms with E-state index >= 15 is 0 Å². The highest BCUT2D eigenvalue weighted by atomic mass is 32.1. The lowest BCUT2D eigenvalue weighted by atomic mass is 9.89. The second-order valence-corrected chi connectivity index (χ2v) is 16.7. The van der Waals surface area contributed by atoms with Crippen LogP contribution in [0.1, 0.15) is 0 Å². The smallest absolute Gasteiger partial charge is 0.160 e. The molecule has 0 unspecified atom stereocenters. The molecule has 3 heteroatoms. The van der Waals surface area contributed by atoms with Gasteiger partial charge >= 0.3 is 0 Å². The summed E-state index contributed by atoms with van der Waals surface area (Å²) in [6.45, 7) is 0. The van der Waals surface area contributed by atoms with Gasteiger partial charge in [-0.15, -0.1) is 11.3 Å². The molecule has 0 spiro atoms. The minimum atomic E-state index is 0.687. The first kappa shape index (κ1) is 35.2. The number of rotatable bonds is 6. The number of aromatic nitrogens is 2. The number of hydrogen-bond acceptors (Lipinski definition) is 3. The Bertz CT molecular complexity index is 3640. The van der Waals surface area contributed by atoms with Crippen molar-refractivity contribution in [2.45, 2.75) is 0 Å². The molecule has 0 bridgehead atoms. The van der Waals surface area contributed by atoms with Crippen molar-refractivity contribution in [2.75, 3.05) is 0 Å². The normalized spacial score (nSPS) is 11.6. The summed E-state index contributed by atoms with van der Waals surface area (Å²) in [4.78, 5) is 10.7. The van der Waals surface area contributed by atoms with E-state index in [9.17, 15) is 0 Å². The Morgan fingerprint density at radius 2 is 0.918 bits per heavy atom. The maximum Gasteiger partial charge on any atom is 0.160 e. The summed E-state index contributed by atoms with van der Waals surface area (Å²) in [5.74, 6) is 0.687. The molecule has 0 atom stereocenters. The molecule has 10 aromatic carbocycles. The highest BCUT2D eigenvalue weighted by Crippen LogP contribution is 2.43. The van der Waals surface area contributed by atoms with Crippen LogP contribution in [0.15, 0.2) is 218 Å². The summed E-state index contributed by atoms with van der Waals surface area (Å²) in [6, 6.07) is 78.7. The predicted octanol–water partition coefficient (Wildman–Crippen LogP) is 16.3. The predicted molar refractivity (Wildman–Crippen MR) is 260 cm³/mol. The molecule has 0 saturated heterocycles. The Morgan fingerprint density at radius 1 is 0.295 bits per heavy atom. The molecule has 2 nitrogen and oxygen atoms in total. The van der Waals surface area contributed by atoms with Crippen molar-refractivity contribution in [3.05, 3.63) is 218 Å². The van der Waals surface area contributed by atoms with Gasteiger partial charge in [0.1, 0.15) is 0 Å². The van der Waals surface area contributed by atoms with E-state index in [2.05, 4.69) is 218 Å². The molecule has 0 fully saturated rings. The lowest BCUT2D eigenvalue weighted by Gasteiger charge is -2.15. The third-order valence-electron chi connectivity index (χ3n) is 12.1. The molecule has 0 aliphatic heterocycles. The molecule has 2 heterocycles. The Morgan fingerprint density at radius 3 is 1.79 bits per heavy atom. The first-order valence-electron chi connectivity index (χ1n) is 20.7. The summed E-state index contributed by atoms with van der Waals surface area (Å²) in [7, 11) is 0. The third-order valence-corrected chi connectivity index (χ3v) is 13.2. The van der Waals surface area contributed by atoms with E-state index in [4.69, 9.17) is 9.97 Å². The zero-order valence-corrected chi connectivity index (χ0v) is 33.9. The summed E-state index contributed by atoms with van der Waals surface area (Å²) < 4.78 is 2.60. The third kappa shape index (κ3) is 6.09. The van der Waals surface area contributed by atoms with E-state index < -0.39 is 0 Å². The van der Waals surface area contributed by atoms with E-state index in [0.29, 0.717) is 5.82 Å². The van der Waals surface area contributed by atoms with Crippen LogP contribution in [0.3, 0.4) is 0 Å². The van der Waals surface area contributed by atoms with Crippen molar-refractivity contribution >= 4 is 63.8 Å². The van der Waals surface area contributed by atoms with Crippen LogP contribution in [0.2, 0.25) is 0 Å². The molecule has 0 amide bonds. The molecule has 0 aliphatic rings. The van der Waals surface area contributed by atoms with E-state index in [1.807, 2.05) is 11.3 Å². The fraction of sp³-hybridized carbons (Fsp3) is 0. The van der Waals surface area contributed by atoms with E-state index in [1.54, 1.807) is 0 Å². The molecule has 0 aliphatic carbocycles. The van der Waals surface area contributed by atoms with Gasteiger partial charge in [-0.2, -0.15) is 0 Å². The SMILES string of the molecule is c1ccc(-c2ccccc2-c2cc(-c3cccc(-c4cccc5sc6ccccc6c45)c3)nc(-c3ccc(-c4c5ccccc5cc5c4ccc4ccccc45)cc3)n2)cc1. The lowest BCUT2D eigenvalue weighted by molar-refractivity contribution is 1.18. The van der Waals surface area contributed by atoms with Gasteiger partial charge in [-0.1, -0.05) is 188 Å². The Labute approximate surface area is 357 Å². The van der Waals surface area contributed by atoms with Crippen molar-refractivity contribution in [1.82, 2.24) is 9.97 Å². The molecule has 0 saturated carbocycles. The van der Waals surface area contributed by atoms with Gasteiger partial charge in [0.2, 0.25) is 0 Å². The fourth-order valence-corrected chi connectivity index (χ4v) is 10.3. The largest absolute Gasteiger partial charge is 0.228 e. The number of thiophene rings is 1. The molecular weight excluding hydrogens is 757 g/mol. The van der Waals surface area contributed by atoms with E-state index in [1.165, 1.54) is 63.6 Å². The minimum Gasteiger partial charge on any atom is -0.228 e.